The molecule has 1 atom stereocenters. The minimum Gasteiger partial charge on any atom is -0.427 e. The predicted molar refractivity (Wildman–Crippen MR) is 186 cm³/mol. The molecule has 0 saturated carbocycles. The minimum absolute atomic E-state index is 0.111. The molecule has 0 radical (unpaired) electrons. The fraction of sp³-hybridized carbons (Fsp3) is 0.184. The second-order valence-electron chi connectivity index (χ2n) is 11.4. The van der Waals surface area contributed by atoms with Gasteiger partial charge in [0.1, 0.15) is 0 Å². The van der Waals surface area contributed by atoms with Gasteiger partial charge in [0.2, 0.25) is 15.7 Å². The summed E-state index contributed by atoms with van der Waals surface area (Å²) in [6, 6.07) is 38.0. The summed E-state index contributed by atoms with van der Waals surface area (Å²) in [5.74, 6) is -0.500. The number of para-hydroxylation sites is 1. The van der Waals surface area contributed by atoms with Crippen LogP contribution >= 0.6 is 0 Å². The quantitative estimate of drug-likeness (QED) is 0.144. The zero-order chi connectivity index (χ0) is 32.3. The van der Waals surface area contributed by atoms with Gasteiger partial charge in [-0.3, -0.25) is 4.72 Å². The third-order valence-electron chi connectivity index (χ3n) is 8.40. The number of hydrogen-bond acceptors (Lipinski definition) is 6. The number of esters is 1. The Morgan fingerprint density at radius 2 is 1.39 bits per heavy atom. The van der Waals surface area contributed by atoms with Crippen molar-refractivity contribution in [3.05, 3.63) is 149 Å². The number of fused-ring (bicyclic) bond motifs is 1. The molecular weight excluding hydrogens is 595 g/mol. The van der Waals surface area contributed by atoms with Gasteiger partial charge in [-0.1, -0.05) is 84.9 Å². The molecule has 0 fully saturated rings. The van der Waals surface area contributed by atoms with Crippen LogP contribution in [0.15, 0.2) is 121 Å². The number of hydrogen-bond donors (Lipinski definition) is 2. The number of anilines is 3. The molecule has 1 aliphatic heterocycles. The van der Waals surface area contributed by atoms with Crippen molar-refractivity contribution in [2.75, 3.05) is 28.0 Å². The normalized spacial score (nSPS) is 15.6. The summed E-state index contributed by atoms with van der Waals surface area (Å²) in [5.41, 5.74) is 6.65. The number of nitrogens with one attached hydrogen (secondary N) is 2. The van der Waals surface area contributed by atoms with Gasteiger partial charge in [-0.2, -0.15) is 0 Å². The van der Waals surface area contributed by atoms with E-state index in [2.05, 4.69) is 40.9 Å². The van der Waals surface area contributed by atoms with Crippen molar-refractivity contribution in [1.82, 2.24) is 0 Å². The first-order valence-electron chi connectivity index (χ1n) is 15.4. The summed E-state index contributed by atoms with van der Waals surface area (Å²) in [6.07, 6.45) is 0. The number of carbonyl (C=O) groups excluding carboxylic acids is 1. The monoisotopic (exact) mass is 631 g/mol. The topological polar surface area (TPSA) is 87.7 Å². The molecule has 1 unspecified atom stereocenters. The molecule has 7 nitrogen and oxygen atoms in total. The van der Waals surface area contributed by atoms with E-state index < -0.39 is 15.7 Å². The van der Waals surface area contributed by atoms with E-state index in [1.807, 2.05) is 85.8 Å². The highest BCUT2D eigenvalue weighted by atomic mass is 32.2. The first-order valence-corrected chi connectivity index (χ1v) is 17.1. The Bertz CT molecular complexity index is 1970. The maximum Gasteiger partial charge on any atom is 0.341 e. The molecule has 0 bridgehead atoms. The summed E-state index contributed by atoms with van der Waals surface area (Å²) >= 11 is 0. The number of aryl methyl sites for hydroxylation is 1. The highest BCUT2D eigenvalue weighted by Gasteiger charge is 2.48. The standard InChI is InChI=1S/C38H37N3O4S/c1-4-41(5-2)31-23-24-34(27(3)25-31)38(35-17-11-9-16-33(35)37(42)45-38)39-36-18-12-10-15-32(36)29-19-21-30(22-20-29)40-46(43,44)26-28-13-7-6-8-14-28/h6-25,39-40H,4-5,26H2,1-3H3. The first-order chi connectivity index (χ1) is 22.2. The molecule has 1 heterocycles. The van der Waals surface area contributed by atoms with Crippen molar-refractivity contribution < 1.29 is 17.9 Å². The van der Waals surface area contributed by atoms with Gasteiger partial charge < -0.3 is 15.0 Å². The molecule has 8 heteroatoms. The number of cyclic esters (lactones) is 1. The highest BCUT2D eigenvalue weighted by molar-refractivity contribution is 7.91. The molecule has 0 amide bonds. The average Bonchev–Trinajstić information content (AvgIpc) is 3.34. The Balaban J connectivity index is 1.35. The summed E-state index contributed by atoms with van der Waals surface area (Å²) < 4.78 is 34.6. The molecule has 0 spiro atoms. The van der Waals surface area contributed by atoms with Crippen LogP contribution in [0.25, 0.3) is 11.1 Å². The lowest BCUT2D eigenvalue weighted by atomic mass is 9.88. The molecule has 234 valence electrons. The van der Waals surface area contributed by atoms with Gasteiger partial charge in [-0.15, -0.1) is 0 Å². The van der Waals surface area contributed by atoms with Gasteiger partial charge in [0.25, 0.3) is 0 Å². The maximum atomic E-state index is 13.3. The SMILES string of the molecule is CCN(CC)c1ccc(C2(Nc3ccccc3-c3ccc(NS(=O)(=O)Cc4ccccc4)cc3)OC(=O)c3ccccc32)c(C)c1. The van der Waals surface area contributed by atoms with Crippen LogP contribution in [-0.2, 0) is 26.2 Å². The van der Waals surface area contributed by atoms with Crippen LogP contribution in [0, 0.1) is 6.92 Å². The molecule has 0 aliphatic carbocycles. The average molecular weight is 632 g/mol. The van der Waals surface area contributed by atoms with Gasteiger partial charge in [0.15, 0.2) is 0 Å². The smallest absolute Gasteiger partial charge is 0.341 e. The van der Waals surface area contributed by atoms with Crippen LogP contribution in [0.5, 0.6) is 0 Å². The Hall–Kier alpha value is -5.08. The van der Waals surface area contributed by atoms with E-state index in [1.54, 1.807) is 30.3 Å². The van der Waals surface area contributed by atoms with Gasteiger partial charge in [0, 0.05) is 46.8 Å². The van der Waals surface area contributed by atoms with Crippen molar-refractivity contribution in [1.29, 1.82) is 0 Å². The molecule has 5 aromatic rings. The number of carbonyl (C=O) groups is 1. The summed E-state index contributed by atoms with van der Waals surface area (Å²) in [4.78, 5) is 15.6. The number of sulfonamides is 1. The lowest BCUT2D eigenvalue weighted by Crippen LogP contribution is -2.38. The molecule has 0 saturated heterocycles. The van der Waals surface area contributed by atoms with Crippen molar-refractivity contribution in [3.8, 4) is 11.1 Å². The number of benzene rings is 5. The van der Waals surface area contributed by atoms with Crippen molar-refractivity contribution in [2.24, 2.45) is 0 Å². The van der Waals surface area contributed by atoms with Crippen LogP contribution in [-0.4, -0.2) is 27.5 Å². The van der Waals surface area contributed by atoms with E-state index in [9.17, 15) is 13.2 Å². The molecule has 1 aliphatic rings. The second-order valence-corrected chi connectivity index (χ2v) is 13.1. The van der Waals surface area contributed by atoms with Gasteiger partial charge in [0.05, 0.1) is 11.3 Å². The van der Waals surface area contributed by atoms with E-state index in [-0.39, 0.29) is 11.7 Å². The Kier molecular flexibility index (Phi) is 8.56. The van der Waals surface area contributed by atoms with E-state index in [0.29, 0.717) is 16.8 Å². The molecule has 0 aromatic heterocycles. The molecule has 46 heavy (non-hydrogen) atoms. The lowest BCUT2D eigenvalue weighted by Gasteiger charge is -2.34. The van der Waals surface area contributed by atoms with Crippen LogP contribution in [0.3, 0.4) is 0 Å². The Labute approximate surface area is 270 Å². The van der Waals surface area contributed by atoms with Crippen LogP contribution < -0.4 is 14.9 Å². The molecule has 6 rings (SSSR count). The number of ether oxygens (including phenoxy) is 1. The molecule has 2 N–H and O–H groups in total. The van der Waals surface area contributed by atoms with Crippen LogP contribution in [0.2, 0.25) is 0 Å². The number of nitrogens with zero attached hydrogens (tertiary/aromatic N) is 1. The maximum absolute atomic E-state index is 13.3. The van der Waals surface area contributed by atoms with Crippen LogP contribution in [0.4, 0.5) is 17.1 Å². The van der Waals surface area contributed by atoms with Gasteiger partial charge >= 0.3 is 5.97 Å². The van der Waals surface area contributed by atoms with Crippen molar-refractivity contribution in [3.63, 3.8) is 0 Å². The Morgan fingerprint density at radius 1 is 0.739 bits per heavy atom. The number of rotatable bonds is 11. The first kappa shape index (κ1) is 30.9. The molecular formula is C38H37N3O4S. The fourth-order valence-electron chi connectivity index (χ4n) is 6.17. The van der Waals surface area contributed by atoms with Crippen molar-refractivity contribution >= 4 is 33.1 Å². The van der Waals surface area contributed by atoms with Crippen molar-refractivity contribution in [2.45, 2.75) is 32.2 Å². The van der Waals surface area contributed by atoms with E-state index in [0.717, 1.165) is 52.3 Å². The van der Waals surface area contributed by atoms with Crippen LogP contribution in [0.1, 0.15) is 46.5 Å². The third kappa shape index (κ3) is 6.08. The van der Waals surface area contributed by atoms with Gasteiger partial charge in [-0.25, -0.2) is 13.2 Å². The third-order valence-corrected chi connectivity index (χ3v) is 9.66. The minimum atomic E-state index is -3.59. The zero-order valence-electron chi connectivity index (χ0n) is 26.2. The van der Waals surface area contributed by atoms with Gasteiger partial charge in [-0.05, 0) is 73.9 Å². The summed E-state index contributed by atoms with van der Waals surface area (Å²) in [7, 11) is -3.59. The highest BCUT2D eigenvalue weighted by Crippen LogP contribution is 2.45. The summed E-state index contributed by atoms with van der Waals surface area (Å²) in [6.45, 7) is 8.08. The van der Waals surface area contributed by atoms with E-state index in [4.69, 9.17) is 4.74 Å². The van der Waals surface area contributed by atoms with E-state index >= 15 is 0 Å². The zero-order valence-corrected chi connectivity index (χ0v) is 27.0. The molecule has 5 aromatic carbocycles. The lowest BCUT2D eigenvalue weighted by molar-refractivity contribution is 0.0211. The van der Waals surface area contributed by atoms with E-state index in [1.165, 1.54) is 0 Å². The largest absolute Gasteiger partial charge is 0.427 e. The fourth-order valence-corrected chi connectivity index (χ4v) is 7.36. The predicted octanol–water partition coefficient (Wildman–Crippen LogP) is 7.93. The summed E-state index contributed by atoms with van der Waals surface area (Å²) in [5, 5.41) is 3.65. The second kappa shape index (κ2) is 12.7. The Morgan fingerprint density at radius 3 is 2.09 bits per heavy atom.